The fourth-order valence-electron chi connectivity index (χ4n) is 3.39. The van der Waals surface area contributed by atoms with E-state index >= 15 is 0 Å². The topological polar surface area (TPSA) is 55.8 Å². The molecule has 21 heavy (non-hydrogen) atoms. The van der Waals surface area contributed by atoms with Crippen molar-refractivity contribution in [3.05, 3.63) is 24.3 Å². The highest BCUT2D eigenvalue weighted by atomic mass is 19.4. The number of aliphatic carboxylic acids is 1. The Hall–Kier alpha value is -1.92. The van der Waals surface area contributed by atoms with Gasteiger partial charge in [-0.2, -0.15) is 0 Å². The Kier molecular flexibility index (Phi) is 2.86. The number of ether oxygens (including phenoxy) is 2. The Morgan fingerprint density at radius 1 is 1.19 bits per heavy atom. The van der Waals surface area contributed by atoms with E-state index in [2.05, 4.69) is 4.74 Å². The fraction of sp³-hybridized carbons (Fsp3) is 0.500. The second kappa shape index (κ2) is 4.29. The summed E-state index contributed by atoms with van der Waals surface area (Å²) in [4.78, 5) is 11.0. The first-order valence-electron chi connectivity index (χ1n) is 6.45. The van der Waals surface area contributed by atoms with Gasteiger partial charge in [-0.3, -0.25) is 4.79 Å². The molecule has 3 saturated carbocycles. The van der Waals surface area contributed by atoms with Crippen LogP contribution in [0.25, 0.3) is 0 Å². The lowest BCUT2D eigenvalue weighted by atomic mass is 9.35. The molecule has 0 atom stereocenters. The average molecular weight is 302 g/mol. The van der Waals surface area contributed by atoms with Gasteiger partial charge in [-0.15, -0.1) is 13.2 Å². The molecule has 1 aromatic carbocycles. The predicted octanol–water partition coefficient (Wildman–Crippen LogP) is 3.22. The lowest BCUT2D eigenvalue weighted by Gasteiger charge is -2.67. The first-order chi connectivity index (χ1) is 9.74. The molecule has 0 amide bonds. The minimum Gasteiger partial charge on any atom is -0.489 e. The van der Waals surface area contributed by atoms with Crippen LogP contribution in [0.2, 0.25) is 0 Å². The molecule has 0 spiro atoms. The molecule has 2 bridgehead atoms. The monoisotopic (exact) mass is 302 g/mol. The molecule has 0 unspecified atom stereocenters. The highest BCUT2D eigenvalue weighted by Gasteiger charge is 2.72. The molecule has 0 aliphatic heterocycles. The molecule has 114 valence electrons. The van der Waals surface area contributed by atoms with E-state index in [9.17, 15) is 18.0 Å². The van der Waals surface area contributed by atoms with Crippen LogP contribution in [0.5, 0.6) is 11.5 Å². The summed E-state index contributed by atoms with van der Waals surface area (Å²) >= 11 is 0. The van der Waals surface area contributed by atoms with Crippen molar-refractivity contribution < 1.29 is 32.5 Å². The van der Waals surface area contributed by atoms with Gasteiger partial charge in [0.1, 0.15) is 0 Å². The second-order valence-electron chi connectivity index (χ2n) is 5.90. The Labute approximate surface area is 118 Å². The minimum atomic E-state index is -4.77. The molecule has 3 aliphatic rings. The fourth-order valence-corrected chi connectivity index (χ4v) is 3.39. The van der Waals surface area contributed by atoms with Crippen molar-refractivity contribution in [1.29, 1.82) is 0 Å². The highest BCUT2D eigenvalue weighted by Crippen LogP contribution is 2.73. The maximum Gasteiger partial charge on any atom is 0.573 e. The largest absolute Gasteiger partial charge is 0.573 e. The molecule has 3 aliphatic carbocycles. The van der Waals surface area contributed by atoms with Crippen molar-refractivity contribution in [2.24, 2.45) is 10.8 Å². The molecule has 0 radical (unpaired) electrons. The molecule has 1 aromatic rings. The lowest BCUT2D eigenvalue weighted by molar-refractivity contribution is -0.275. The van der Waals surface area contributed by atoms with E-state index in [4.69, 9.17) is 9.84 Å². The lowest BCUT2D eigenvalue weighted by Crippen LogP contribution is -2.67. The number of rotatable bonds is 5. The van der Waals surface area contributed by atoms with Crippen LogP contribution in [0.1, 0.15) is 19.3 Å². The van der Waals surface area contributed by atoms with Crippen LogP contribution >= 0.6 is 0 Å². The van der Waals surface area contributed by atoms with Crippen LogP contribution in [-0.4, -0.2) is 24.0 Å². The molecule has 0 heterocycles. The van der Waals surface area contributed by atoms with E-state index in [1.54, 1.807) is 6.07 Å². The SMILES string of the molecule is O=C(O)C12CC(COc3ccccc3OC(F)(F)F)(C1)C2. The Morgan fingerprint density at radius 2 is 1.76 bits per heavy atom. The molecule has 4 nitrogen and oxygen atoms in total. The quantitative estimate of drug-likeness (QED) is 0.907. The summed E-state index contributed by atoms with van der Waals surface area (Å²) in [5, 5.41) is 9.02. The van der Waals surface area contributed by atoms with Crippen molar-refractivity contribution in [2.45, 2.75) is 25.6 Å². The summed E-state index contributed by atoms with van der Waals surface area (Å²) < 4.78 is 46.2. The van der Waals surface area contributed by atoms with E-state index < -0.39 is 17.7 Å². The van der Waals surface area contributed by atoms with E-state index in [1.807, 2.05) is 0 Å². The summed E-state index contributed by atoms with van der Waals surface area (Å²) in [7, 11) is 0. The van der Waals surface area contributed by atoms with Crippen LogP contribution in [-0.2, 0) is 4.79 Å². The van der Waals surface area contributed by atoms with E-state index in [0.29, 0.717) is 19.3 Å². The van der Waals surface area contributed by atoms with Gasteiger partial charge >= 0.3 is 12.3 Å². The zero-order valence-electron chi connectivity index (χ0n) is 10.9. The van der Waals surface area contributed by atoms with Gasteiger partial charge in [-0.1, -0.05) is 12.1 Å². The van der Waals surface area contributed by atoms with Gasteiger partial charge in [0, 0.05) is 5.41 Å². The van der Waals surface area contributed by atoms with Crippen molar-refractivity contribution in [3.8, 4) is 11.5 Å². The number of carboxylic acids is 1. The average Bonchev–Trinajstić information content (AvgIpc) is 2.25. The maximum absolute atomic E-state index is 12.3. The third-order valence-corrected chi connectivity index (χ3v) is 4.20. The van der Waals surface area contributed by atoms with E-state index in [0.717, 1.165) is 0 Å². The summed E-state index contributed by atoms with van der Waals surface area (Å²) in [5.74, 6) is -1.17. The number of halogens is 3. The van der Waals surface area contributed by atoms with Crippen LogP contribution < -0.4 is 9.47 Å². The van der Waals surface area contributed by atoms with Gasteiger partial charge in [0.2, 0.25) is 0 Å². The third kappa shape index (κ3) is 2.41. The summed E-state index contributed by atoms with van der Waals surface area (Å²) in [6.45, 7) is 0.209. The molecular weight excluding hydrogens is 289 g/mol. The number of alkyl halides is 3. The van der Waals surface area contributed by atoms with Crippen LogP contribution in [0.4, 0.5) is 13.2 Å². The Bertz CT molecular complexity index is 562. The predicted molar refractivity (Wildman–Crippen MR) is 65.0 cm³/mol. The van der Waals surface area contributed by atoms with Crippen molar-refractivity contribution in [2.75, 3.05) is 6.61 Å². The van der Waals surface area contributed by atoms with Gasteiger partial charge in [0.15, 0.2) is 11.5 Å². The number of carbonyl (C=O) groups is 1. The van der Waals surface area contributed by atoms with Crippen molar-refractivity contribution >= 4 is 5.97 Å². The first kappa shape index (κ1) is 14.0. The smallest absolute Gasteiger partial charge is 0.489 e. The molecule has 1 N–H and O–H groups in total. The second-order valence-corrected chi connectivity index (χ2v) is 5.90. The van der Waals surface area contributed by atoms with Gasteiger partial charge in [0.05, 0.1) is 12.0 Å². The Morgan fingerprint density at radius 3 is 2.29 bits per heavy atom. The maximum atomic E-state index is 12.3. The van der Waals surface area contributed by atoms with Gasteiger partial charge in [-0.05, 0) is 31.4 Å². The summed E-state index contributed by atoms with van der Waals surface area (Å²) in [6.07, 6.45) is -3.20. The number of carboxylic acid groups (broad SMARTS) is 1. The van der Waals surface area contributed by atoms with E-state index in [1.165, 1.54) is 18.2 Å². The van der Waals surface area contributed by atoms with Crippen LogP contribution in [0.15, 0.2) is 24.3 Å². The molecule has 4 rings (SSSR count). The van der Waals surface area contributed by atoms with Crippen molar-refractivity contribution in [3.63, 3.8) is 0 Å². The van der Waals surface area contributed by atoms with Crippen LogP contribution in [0.3, 0.4) is 0 Å². The molecule has 0 saturated heterocycles. The molecule has 0 aromatic heterocycles. The van der Waals surface area contributed by atoms with Crippen LogP contribution in [0, 0.1) is 10.8 Å². The van der Waals surface area contributed by atoms with Crippen molar-refractivity contribution in [1.82, 2.24) is 0 Å². The van der Waals surface area contributed by atoms with E-state index in [-0.39, 0.29) is 23.5 Å². The molecular formula is C14H13F3O4. The molecule has 3 fully saturated rings. The Balaban J connectivity index is 1.61. The number of para-hydroxylation sites is 2. The van der Waals surface area contributed by atoms with Gasteiger partial charge in [-0.25, -0.2) is 0 Å². The highest BCUT2D eigenvalue weighted by molar-refractivity contribution is 5.79. The normalized spacial score (nSPS) is 30.0. The molecule has 7 heteroatoms. The zero-order chi connectivity index (χ0) is 15.3. The third-order valence-electron chi connectivity index (χ3n) is 4.20. The number of hydrogen-bond acceptors (Lipinski definition) is 3. The number of hydrogen-bond donors (Lipinski definition) is 1. The number of benzene rings is 1. The summed E-state index contributed by atoms with van der Waals surface area (Å²) in [5.41, 5.74) is -0.824. The first-order valence-corrected chi connectivity index (χ1v) is 6.45. The van der Waals surface area contributed by atoms with Gasteiger partial charge in [0.25, 0.3) is 0 Å². The summed E-state index contributed by atoms with van der Waals surface area (Å²) in [6, 6.07) is 5.57. The minimum absolute atomic E-state index is 0.0175. The standard InChI is InChI=1S/C14H13F3O4/c15-14(16,17)21-10-4-2-1-3-9(10)20-8-12-5-13(6-12,7-12)11(18)19/h1-4H,5-8H2,(H,18,19). The zero-order valence-corrected chi connectivity index (χ0v) is 10.9. The van der Waals surface area contributed by atoms with Gasteiger partial charge < -0.3 is 14.6 Å².